The molecular weight excluding hydrogens is 262 g/mol. The molecule has 0 aliphatic heterocycles. The minimum absolute atomic E-state index is 0.482. The van der Waals surface area contributed by atoms with E-state index < -0.39 is 0 Å². The van der Waals surface area contributed by atoms with Crippen molar-refractivity contribution in [3.05, 3.63) is 34.9 Å². The summed E-state index contributed by atoms with van der Waals surface area (Å²) >= 11 is 2.18. The highest BCUT2D eigenvalue weighted by atomic mass is 32.2. The summed E-state index contributed by atoms with van der Waals surface area (Å²) in [6.07, 6.45) is 5.68. The maximum atomic E-state index is 3.50. The molecule has 1 aliphatic rings. The van der Waals surface area contributed by atoms with Crippen LogP contribution in [0.1, 0.15) is 55.3 Å². The number of thioether (sulfide) groups is 1. The fraction of sp³-hybridized carbons (Fsp3) is 0.667. The highest BCUT2D eigenvalue weighted by Gasteiger charge is 2.20. The lowest BCUT2D eigenvalue weighted by Crippen LogP contribution is -2.22. The Morgan fingerprint density at radius 3 is 2.50 bits per heavy atom. The molecule has 0 amide bonds. The number of rotatable bonds is 5. The van der Waals surface area contributed by atoms with Crippen LogP contribution in [-0.4, -0.2) is 18.1 Å². The molecule has 0 aromatic heterocycles. The van der Waals surface area contributed by atoms with Gasteiger partial charge < -0.3 is 5.32 Å². The summed E-state index contributed by atoms with van der Waals surface area (Å²) < 4.78 is 0. The van der Waals surface area contributed by atoms with E-state index in [1.165, 1.54) is 48.1 Å². The zero-order valence-corrected chi connectivity index (χ0v) is 14.2. The Labute approximate surface area is 128 Å². The van der Waals surface area contributed by atoms with E-state index in [0.29, 0.717) is 6.04 Å². The van der Waals surface area contributed by atoms with Crippen LogP contribution in [0.15, 0.2) is 18.2 Å². The fourth-order valence-corrected chi connectivity index (χ4v) is 4.94. The largest absolute Gasteiger partial charge is 0.312 e. The molecule has 1 aliphatic carbocycles. The third-order valence-electron chi connectivity index (χ3n) is 4.38. The van der Waals surface area contributed by atoms with E-state index in [1.807, 2.05) is 0 Å². The Hall–Kier alpha value is -0.470. The van der Waals surface area contributed by atoms with Crippen LogP contribution < -0.4 is 5.32 Å². The van der Waals surface area contributed by atoms with Gasteiger partial charge in [-0.25, -0.2) is 0 Å². The molecule has 1 aromatic carbocycles. The molecule has 20 heavy (non-hydrogen) atoms. The highest BCUT2D eigenvalue weighted by molar-refractivity contribution is 7.99. The minimum Gasteiger partial charge on any atom is -0.312 e. The maximum absolute atomic E-state index is 3.50. The first-order valence-electron chi connectivity index (χ1n) is 7.95. The van der Waals surface area contributed by atoms with E-state index in [-0.39, 0.29) is 0 Å². The van der Waals surface area contributed by atoms with Gasteiger partial charge in [-0.15, -0.1) is 0 Å². The van der Waals surface area contributed by atoms with Crippen LogP contribution in [0.25, 0.3) is 0 Å². The summed E-state index contributed by atoms with van der Waals surface area (Å²) in [7, 11) is 2.09. The quantitative estimate of drug-likeness (QED) is 0.830. The molecule has 0 saturated heterocycles. The summed E-state index contributed by atoms with van der Waals surface area (Å²) in [6.45, 7) is 6.80. The molecule has 1 aromatic rings. The van der Waals surface area contributed by atoms with Crippen molar-refractivity contribution in [2.75, 3.05) is 12.8 Å². The summed E-state index contributed by atoms with van der Waals surface area (Å²) in [4.78, 5) is 0. The van der Waals surface area contributed by atoms with E-state index in [4.69, 9.17) is 0 Å². The summed E-state index contributed by atoms with van der Waals surface area (Å²) in [5.41, 5.74) is 4.19. The monoisotopic (exact) mass is 291 g/mol. The fourth-order valence-electron chi connectivity index (χ4n) is 3.32. The van der Waals surface area contributed by atoms with Gasteiger partial charge in [0.2, 0.25) is 0 Å². The van der Waals surface area contributed by atoms with Crippen LogP contribution >= 0.6 is 11.8 Å². The zero-order valence-electron chi connectivity index (χ0n) is 13.4. The number of benzene rings is 1. The van der Waals surface area contributed by atoms with Crippen LogP contribution in [0.5, 0.6) is 0 Å². The normalized spacial score (nSPS) is 24.6. The molecule has 0 spiro atoms. The maximum Gasteiger partial charge on any atom is 0.0409 e. The SMILES string of the molecule is CNC(CSC1CCCC(C)C1)c1cc(C)cc(C)c1. The Kier molecular flexibility index (Phi) is 5.98. The van der Waals surface area contributed by atoms with E-state index in [1.54, 1.807) is 0 Å². The first-order chi connectivity index (χ1) is 9.58. The molecular formula is C18H29NS. The second kappa shape index (κ2) is 7.51. The molecule has 2 rings (SSSR count). The van der Waals surface area contributed by atoms with Crippen LogP contribution in [-0.2, 0) is 0 Å². The molecule has 3 atom stereocenters. The van der Waals surface area contributed by atoms with Gasteiger partial charge in [-0.05, 0) is 45.2 Å². The van der Waals surface area contributed by atoms with Gasteiger partial charge in [0.25, 0.3) is 0 Å². The summed E-state index contributed by atoms with van der Waals surface area (Å²) in [5, 5.41) is 4.38. The Bertz CT molecular complexity index is 409. The first kappa shape index (κ1) is 15.9. The number of aryl methyl sites for hydroxylation is 2. The molecule has 112 valence electrons. The second-order valence-corrected chi connectivity index (χ2v) is 7.82. The second-order valence-electron chi connectivity index (χ2n) is 6.49. The average Bonchev–Trinajstić information content (AvgIpc) is 2.38. The lowest BCUT2D eigenvalue weighted by Gasteiger charge is -2.28. The topological polar surface area (TPSA) is 12.0 Å². The van der Waals surface area contributed by atoms with Gasteiger partial charge in [0.05, 0.1) is 0 Å². The molecule has 2 heteroatoms. The molecule has 1 fully saturated rings. The standard InChI is InChI=1S/C18H29NS/c1-13-6-5-7-17(11-13)20-12-18(19-4)16-9-14(2)8-15(3)10-16/h8-10,13,17-19H,5-7,11-12H2,1-4H3. The molecule has 1 saturated carbocycles. The highest BCUT2D eigenvalue weighted by Crippen LogP contribution is 2.34. The van der Waals surface area contributed by atoms with Crippen molar-refractivity contribution in [1.82, 2.24) is 5.32 Å². The van der Waals surface area contributed by atoms with Gasteiger partial charge in [-0.2, -0.15) is 11.8 Å². The first-order valence-corrected chi connectivity index (χ1v) is 9.00. The van der Waals surface area contributed by atoms with E-state index >= 15 is 0 Å². The third kappa shape index (κ3) is 4.53. The lowest BCUT2D eigenvalue weighted by molar-refractivity contribution is 0.394. The van der Waals surface area contributed by atoms with Crippen LogP contribution in [0.3, 0.4) is 0 Å². The van der Waals surface area contributed by atoms with E-state index in [2.05, 4.69) is 63.1 Å². The van der Waals surface area contributed by atoms with Gasteiger partial charge in [-0.1, -0.05) is 49.1 Å². The van der Waals surface area contributed by atoms with Gasteiger partial charge in [0, 0.05) is 17.0 Å². The molecule has 3 unspecified atom stereocenters. The number of hydrogen-bond acceptors (Lipinski definition) is 2. The Morgan fingerprint density at radius 1 is 1.20 bits per heavy atom. The van der Waals surface area contributed by atoms with Crippen LogP contribution in [0.4, 0.5) is 0 Å². The number of nitrogens with one attached hydrogen (secondary N) is 1. The lowest BCUT2D eigenvalue weighted by atomic mass is 9.91. The van der Waals surface area contributed by atoms with E-state index in [9.17, 15) is 0 Å². The predicted octanol–water partition coefficient (Wildman–Crippen LogP) is 4.88. The van der Waals surface area contributed by atoms with Crippen molar-refractivity contribution in [3.8, 4) is 0 Å². The minimum atomic E-state index is 0.482. The molecule has 0 radical (unpaired) electrons. The Balaban J connectivity index is 1.94. The van der Waals surface area contributed by atoms with Crippen molar-refractivity contribution in [2.45, 2.75) is 57.7 Å². The third-order valence-corrected chi connectivity index (χ3v) is 5.81. The van der Waals surface area contributed by atoms with Crippen molar-refractivity contribution >= 4 is 11.8 Å². The smallest absolute Gasteiger partial charge is 0.0409 e. The van der Waals surface area contributed by atoms with Crippen LogP contribution in [0.2, 0.25) is 0 Å². The van der Waals surface area contributed by atoms with Crippen molar-refractivity contribution in [2.24, 2.45) is 5.92 Å². The van der Waals surface area contributed by atoms with Gasteiger partial charge >= 0.3 is 0 Å². The van der Waals surface area contributed by atoms with E-state index in [0.717, 1.165) is 11.2 Å². The van der Waals surface area contributed by atoms with Crippen molar-refractivity contribution < 1.29 is 0 Å². The summed E-state index contributed by atoms with van der Waals surface area (Å²) in [6, 6.07) is 7.40. The Morgan fingerprint density at radius 2 is 1.90 bits per heavy atom. The summed E-state index contributed by atoms with van der Waals surface area (Å²) in [5.74, 6) is 2.12. The van der Waals surface area contributed by atoms with Crippen molar-refractivity contribution in [3.63, 3.8) is 0 Å². The van der Waals surface area contributed by atoms with Gasteiger partial charge in [0.15, 0.2) is 0 Å². The van der Waals surface area contributed by atoms with Gasteiger partial charge in [0.1, 0.15) is 0 Å². The molecule has 1 N–H and O–H groups in total. The van der Waals surface area contributed by atoms with Gasteiger partial charge in [-0.3, -0.25) is 0 Å². The molecule has 0 bridgehead atoms. The number of hydrogen-bond donors (Lipinski definition) is 1. The molecule has 0 heterocycles. The van der Waals surface area contributed by atoms with Crippen LogP contribution in [0, 0.1) is 19.8 Å². The zero-order chi connectivity index (χ0) is 14.5. The average molecular weight is 292 g/mol. The van der Waals surface area contributed by atoms with Crippen molar-refractivity contribution in [1.29, 1.82) is 0 Å². The predicted molar refractivity (Wildman–Crippen MR) is 91.6 cm³/mol. The molecule has 1 nitrogen and oxygen atoms in total.